The van der Waals surface area contributed by atoms with Gasteiger partial charge in [-0.3, -0.25) is 0 Å². The lowest BCUT2D eigenvalue weighted by molar-refractivity contribution is -0.138. The molecule has 0 aliphatic heterocycles. The number of hydrogen-bond donors (Lipinski definition) is 0. The highest BCUT2D eigenvalue weighted by atomic mass is 16.5. The Morgan fingerprint density at radius 2 is 1.90 bits per heavy atom. The molecular formula is C18H26O2. The highest BCUT2D eigenvalue weighted by molar-refractivity contribution is 5.87. The van der Waals surface area contributed by atoms with Gasteiger partial charge in [-0.15, -0.1) is 0 Å². The normalized spacial score (nSPS) is 12.8. The zero-order chi connectivity index (χ0) is 15.2. The van der Waals surface area contributed by atoms with E-state index in [9.17, 15) is 4.79 Å². The summed E-state index contributed by atoms with van der Waals surface area (Å²) in [6, 6.07) is 10.5. The van der Waals surface area contributed by atoms with E-state index < -0.39 is 0 Å². The first-order chi connectivity index (χ1) is 9.35. The molecule has 2 heteroatoms. The van der Waals surface area contributed by atoms with Crippen LogP contribution in [0, 0.1) is 5.41 Å². The number of carbonyl (C=O) groups excluding carboxylic acids is 1. The first kappa shape index (κ1) is 16.5. The Labute approximate surface area is 122 Å². The predicted molar refractivity (Wildman–Crippen MR) is 83.6 cm³/mol. The molecule has 0 saturated heterocycles. The van der Waals surface area contributed by atoms with Crippen molar-refractivity contribution in [1.29, 1.82) is 0 Å². The molecule has 2 nitrogen and oxygen atoms in total. The van der Waals surface area contributed by atoms with Crippen LogP contribution in [-0.2, 0) is 9.53 Å². The predicted octanol–water partition coefficient (Wildman–Crippen LogP) is 4.72. The van der Waals surface area contributed by atoms with E-state index in [2.05, 4.69) is 51.6 Å². The van der Waals surface area contributed by atoms with E-state index in [1.165, 1.54) is 5.56 Å². The van der Waals surface area contributed by atoms with E-state index in [0.29, 0.717) is 24.5 Å². The number of hydrogen-bond acceptors (Lipinski definition) is 2. The smallest absolute Gasteiger partial charge is 0.333 e. The van der Waals surface area contributed by atoms with Crippen LogP contribution in [0.15, 0.2) is 42.5 Å². The number of esters is 1. The topological polar surface area (TPSA) is 26.3 Å². The summed E-state index contributed by atoms with van der Waals surface area (Å²) in [6.07, 6.45) is 1.68. The van der Waals surface area contributed by atoms with Gasteiger partial charge in [-0.05, 0) is 36.7 Å². The van der Waals surface area contributed by atoms with E-state index in [4.69, 9.17) is 4.74 Å². The van der Waals surface area contributed by atoms with Crippen LogP contribution in [0.3, 0.4) is 0 Å². The minimum atomic E-state index is -0.270. The van der Waals surface area contributed by atoms with Crippen molar-refractivity contribution in [3.8, 4) is 0 Å². The Morgan fingerprint density at radius 3 is 2.45 bits per heavy atom. The third-order valence-electron chi connectivity index (χ3n) is 3.48. The second-order valence-electron chi connectivity index (χ2n) is 6.18. The van der Waals surface area contributed by atoms with E-state index >= 15 is 0 Å². The van der Waals surface area contributed by atoms with Crippen molar-refractivity contribution >= 4 is 5.97 Å². The first-order valence-electron chi connectivity index (χ1n) is 7.25. The van der Waals surface area contributed by atoms with Crippen LogP contribution >= 0.6 is 0 Å². The fourth-order valence-corrected chi connectivity index (χ4v) is 2.68. The Bertz CT molecular complexity index is 446. The summed E-state index contributed by atoms with van der Waals surface area (Å²) in [7, 11) is 0. The highest BCUT2D eigenvalue weighted by Crippen LogP contribution is 2.36. The monoisotopic (exact) mass is 274 g/mol. The third kappa shape index (κ3) is 5.20. The Kier molecular flexibility index (Phi) is 6.00. The molecule has 0 fully saturated rings. The fraction of sp³-hybridized carbons (Fsp3) is 0.500. The lowest BCUT2D eigenvalue weighted by atomic mass is 9.77. The first-order valence-corrected chi connectivity index (χ1v) is 7.25. The summed E-state index contributed by atoms with van der Waals surface area (Å²) in [6.45, 7) is 12.7. The minimum absolute atomic E-state index is 0.0269. The Hall–Kier alpha value is -1.57. The summed E-state index contributed by atoms with van der Waals surface area (Å²) in [5, 5.41) is 0. The zero-order valence-corrected chi connectivity index (χ0v) is 13.1. The maximum atomic E-state index is 11.7. The van der Waals surface area contributed by atoms with Crippen LogP contribution < -0.4 is 0 Å². The molecule has 0 N–H and O–H groups in total. The molecule has 0 aliphatic carbocycles. The van der Waals surface area contributed by atoms with Gasteiger partial charge in [0, 0.05) is 5.57 Å². The van der Waals surface area contributed by atoms with Gasteiger partial charge in [-0.25, -0.2) is 4.79 Å². The summed E-state index contributed by atoms with van der Waals surface area (Å²) in [5.41, 5.74) is 1.93. The lowest BCUT2D eigenvalue weighted by Gasteiger charge is -2.28. The number of carbonyl (C=O) groups is 1. The third-order valence-corrected chi connectivity index (χ3v) is 3.48. The molecule has 1 aromatic carbocycles. The van der Waals surface area contributed by atoms with Gasteiger partial charge in [-0.2, -0.15) is 0 Å². The van der Waals surface area contributed by atoms with E-state index in [-0.39, 0.29) is 11.4 Å². The molecule has 0 saturated carbocycles. The molecule has 0 radical (unpaired) electrons. The summed E-state index contributed by atoms with van der Waals surface area (Å²) >= 11 is 0. The molecular weight excluding hydrogens is 248 g/mol. The van der Waals surface area contributed by atoms with Crippen LogP contribution in [0.1, 0.15) is 52.0 Å². The van der Waals surface area contributed by atoms with Crippen molar-refractivity contribution in [3.05, 3.63) is 48.0 Å². The van der Waals surface area contributed by atoms with Gasteiger partial charge in [-0.1, -0.05) is 57.7 Å². The fourth-order valence-electron chi connectivity index (χ4n) is 2.68. The average Bonchev–Trinajstić information content (AvgIpc) is 2.38. The van der Waals surface area contributed by atoms with Crippen LogP contribution in [0.25, 0.3) is 0 Å². The standard InChI is InChI=1S/C18H26O2/c1-6-20-17(19)15(3)13-18(4,5)12-14(2)16-10-8-7-9-11-16/h7-11,14H,3,6,12-13H2,1-2,4-5H3. The second kappa shape index (κ2) is 7.28. The quantitative estimate of drug-likeness (QED) is 0.531. The maximum Gasteiger partial charge on any atom is 0.333 e. The molecule has 20 heavy (non-hydrogen) atoms. The summed E-state index contributed by atoms with van der Waals surface area (Å²) in [5.74, 6) is 0.189. The van der Waals surface area contributed by atoms with Crippen LogP contribution in [0.4, 0.5) is 0 Å². The lowest BCUT2D eigenvalue weighted by Crippen LogP contribution is -2.19. The van der Waals surface area contributed by atoms with Crippen molar-refractivity contribution in [2.75, 3.05) is 6.61 Å². The van der Waals surface area contributed by atoms with Crippen molar-refractivity contribution in [3.63, 3.8) is 0 Å². The van der Waals surface area contributed by atoms with Crippen molar-refractivity contribution in [2.45, 2.75) is 46.5 Å². The maximum absolute atomic E-state index is 11.7. The molecule has 0 aromatic heterocycles. The summed E-state index contributed by atoms with van der Waals surface area (Å²) < 4.78 is 5.00. The Balaban J connectivity index is 2.61. The molecule has 1 aromatic rings. The second-order valence-corrected chi connectivity index (χ2v) is 6.18. The van der Waals surface area contributed by atoms with E-state index in [1.807, 2.05) is 13.0 Å². The SMILES string of the molecule is C=C(CC(C)(C)CC(C)c1ccccc1)C(=O)OCC. The Morgan fingerprint density at radius 1 is 1.30 bits per heavy atom. The molecule has 0 amide bonds. The molecule has 1 atom stereocenters. The largest absolute Gasteiger partial charge is 0.463 e. The molecule has 0 heterocycles. The van der Waals surface area contributed by atoms with Crippen LogP contribution in [0.2, 0.25) is 0 Å². The van der Waals surface area contributed by atoms with E-state index in [1.54, 1.807) is 0 Å². The van der Waals surface area contributed by atoms with Gasteiger partial charge in [0.05, 0.1) is 6.61 Å². The average molecular weight is 274 g/mol. The molecule has 1 rings (SSSR count). The van der Waals surface area contributed by atoms with Gasteiger partial charge >= 0.3 is 5.97 Å². The van der Waals surface area contributed by atoms with Gasteiger partial charge in [0.1, 0.15) is 0 Å². The van der Waals surface area contributed by atoms with Gasteiger partial charge in [0.2, 0.25) is 0 Å². The molecule has 0 aliphatic rings. The molecule has 0 spiro atoms. The highest BCUT2D eigenvalue weighted by Gasteiger charge is 2.25. The molecule has 0 bridgehead atoms. The van der Waals surface area contributed by atoms with Gasteiger partial charge in [0.15, 0.2) is 0 Å². The van der Waals surface area contributed by atoms with Crippen molar-refractivity contribution in [1.82, 2.24) is 0 Å². The minimum Gasteiger partial charge on any atom is -0.463 e. The zero-order valence-electron chi connectivity index (χ0n) is 13.1. The van der Waals surface area contributed by atoms with Crippen molar-refractivity contribution in [2.24, 2.45) is 5.41 Å². The van der Waals surface area contributed by atoms with Crippen molar-refractivity contribution < 1.29 is 9.53 Å². The van der Waals surface area contributed by atoms with Crippen LogP contribution in [-0.4, -0.2) is 12.6 Å². The van der Waals surface area contributed by atoms with Gasteiger partial charge in [0.25, 0.3) is 0 Å². The summed E-state index contributed by atoms with van der Waals surface area (Å²) in [4.78, 5) is 11.7. The molecule has 1 unspecified atom stereocenters. The molecule has 110 valence electrons. The number of rotatable bonds is 7. The number of benzene rings is 1. The number of ether oxygens (including phenoxy) is 1. The van der Waals surface area contributed by atoms with Crippen LogP contribution in [0.5, 0.6) is 0 Å². The van der Waals surface area contributed by atoms with E-state index in [0.717, 1.165) is 6.42 Å². The van der Waals surface area contributed by atoms with Gasteiger partial charge < -0.3 is 4.74 Å².